The van der Waals surface area contributed by atoms with Crippen molar-refractivity contribution in [1.29, 1.82) is 0 Å². The fourth-order valence-corrected chi connectivity index (χ4v) is 2.05. The number of benzene rings is 1. The summed E-state index contributed by atoms with van der Waals surface area (Å²) in [7, 11) is 1.84. The molecule has 0 spiro atoms. The van der Waals surface area contributed by atoms with E-state index >= 15 is 0 Å². The number of thioether (sulfide) groups is 1. The molecule has 0 radical (unpaired) electrons. The molecule has 1 aromatic carbocycles. The summed E-state index contributed by atoms with van der Waals surface area (Å²) in [5.74, 6) is 0. The molecule has 82 valence electrons. The van der Waals surface area contributed by atoms with Crippen molar-refractivity contribution < 1.29 is 4.79 Å². The molecular weight excluding hydrogens is 220 g/mol. The summed E-state index contributed by atoms with van der Waals surface area (Å²) in [6.07, 6.45) is 4.46. The van der Waals surface area contributed by atoms with Gasteiger partial charge >= 0.3 is 0 Å². The van der Waals surface area contributed by atoms with Crippen LogP contribution in [0.5, 0.6) is 0 Å². The minimum atomic E-state index is 0.624. The molecular formula is C12H12N2OS. The van der Waals surface area contributed by atoms with Crippen LogP contribution in [0, 0.1) is 0 Å². The quantitative estimate of drug-likeness (QED) is 0.602. The Morgan fingerprint density at radius 1 is 1.31 bits per heavy atom. The third-order valence-corrected chi connectivity index (χ3v) is 3.20. The summed E-state index contributed by atoms with van der Waals surface area (Å²) in [6.45, 7) is 0. The molecule has 0 unspecified atom stereocenters. The van der Waals surface area contributed by atoms with Gasteiger partial charge in [-0.1, -0.05) is 12.1 Å². The van der Waals surface area contributed by atoms with Crippen LogP contribution in [0.1, 0.15) is 10.4 Å². The Balaban J connectivity index is 2.49. The number of aryl methyl sites for hydroxylation is 1. The zero-order valence-corrected chi connectivity index (χ0v) is 9.99. The van der Waals surface area contributed by atoms with Crippen LogP contribution in [0.4, 0.5) is 0 Å². The number of hydrogen-bond donors (Lipinski definition) is 0. The van der Waals surface area contributed by atoms with E-state index in [9.17, 15) is 4.79 Å². The lowest BCUT2D eigenvalue weighted by Crippen LogP contribution is -1.95. The first kappa shape index (κ1) is 11.0. The van der Waals surface area contributed by atoms with E-state index in [-0.39, 0.29) is 0 Å². The normalized spacial score (nSPS) is 10.4. The summed E-state index contributed by atoms with van der Waals surface area (Å²) < 4.78 is 1.72. The third-order valence-electron chi connectivity index (χ3n) is 2.46. The number of rotatable bonds is 3. The second-order valence-corrected chi connectivity index (χ2v) is 4.30. The molecule has 0 amide bonds. The molecule has 0 fully saturated rings. The number of carbonyl (C=O) groups is 1. The number of carbonyl (C=O) groups excluding carboxylic acids is 1. The second kappa shape index (κ2) is 4.53. The summed E-state index contributed by atoms with van der Waals surface area (Å²) >= 11 is 1.70. The van der Waals surface area contributed by atoms with Crippen LogP contribution in [-0.2, 0) is 7.05 Å². The molecule has 0 saturated carbocycles. The maximum atomic E-state index is 10.9. The molecule has 0 aliphatic rings. The van der Waals surface area contributed by atoms with Gasteiger partial charge in [-0.25, -0.2) is 0 Å². The molecule has 2 aromatic rings. The van der Waals surface area contributed by atoms with Gasteiger partial charge in [-0.2, -0.15) is 5.10 Å². The maximum absolute atomic E-state index is 10.9. The highest BCUT2D eigenvalue weighted by molar-refractivity contribution is 7.98. The van der Waals surface area contributed by atoms with E-state index in [0.29, 0.717) is 5.56 Å². The van der Waals surface area contributed by atoms with Gasteiger partial charge in [0.1, 0.15) is 0 Å². The predicted octanol–water partition coefficient (Wildman–Crippen LogP) is 2.62. The van der Waals surface area contributed by atoms with Crippen molar-refractivity contribution in [2.75, 3.05) is 6.26 Å². The average molecular weight is 232 g/mol. The van der Waals surface area contributed by atoms with E-state index in [2.05, 4.69) is 5.10 Å². The summed E-state index contributed by atoms with van der Waals surface area (Å²) in [4.78, 5) is 12.1. The number of hydrogen-bond acceptors (Lipinski definition) is 3. The Labute approximate surface area is 98.5 Å². The Bertz CT molecular complexity index is 502. The lowest BCUT2D eigenvalue weighted by Gasteiger charge is -2.04. The van der Waals surface area contributed by atoms with Crippen LogP contribution >= 0.6 is 11.8 Å². The van der Waals surface area contributed by atoms with Gasteiger partial charge in [0.25, 0.3) is 0 Å². The molecule has 4 heteroatoms. The Morgan fingerprint density at radius 3 is 2.56 bits per heavy atom. The predicted molar refractivity (Wildman–Crippen MR) is 65.8 cm³/mol. The number of nitrogens with zero attached hydrogens (tertiary/aromatic N) is 2. The van der Waals surface area contributed by atoms with E-state index < -0.39 is 0 Å². The third kappa shape index (κ3) is 1.88. The minimum absolute atomic E-state index is 0.624. The largest absolute Gasteiger partial charge is 0.298 e. The van der Waals surface area contributed by atoms with E-state index in [0.717, 1.165) is 17.5 Å². The number of aldehydes is 1. The van der Waals surface area contributed by atoms with Gasteiger partial charge < -0.3 is 0 Å². The zero-order valence-electron chi connectivity index (χ0n) is 9.18. The van der Waals surface area contributed by atoms with Crippen LogP contribution in [0.25, 0.3) is 11.3 Å². The lowest BCUT2D eigenvalue weighted by molar-refractivity contribution is 0.112. The molecule has 0 bridgehead atoms. The summed E-state index contributed by atoms with van der Waals surface area (Å²) in [5.41, 5.74) is 2.50. The van der Waals surface area contributed by atoms with Crippen LogP contribution in [-0.4, -0.2) is 22.3 Å². The van der Waals surface area contributed by atoms with E-state index in [4.69, 9.17) is 0 Å². The highest BCUT2D eigenvalue weighted by Gasteiger charge is 2.09. The Morgan fingerprint density at radius 2 is 2.00 bits per heavy atom. The molecule has 0 atom stereocenters. The van der Waals surface area contributed by atoms with Crippen LogP contribution in [0.3, 0.4) is 0 Å². The van der Waals surface area contributed by atoms with Crippen molar-refractivity contribution in [3.05, 3.63) is 36.0 Å². The van der Waals surface area contributed by atoms with Crippen molar-refractivity contribution in [3.63, 3.8) is 0 Å². The fraction of sp³-hybridized carbons (Fsp3) is 0.167. The molecule has 1 heterocycles. The molecule has 0 aliphatic heterocycles. The molecule has 1 aromatic heterocycles. The molecule has 2 rings (SSSR count). The van der Waals surface area contributed by atoms with Gasteiger partial charge in [0.05, 0.1) is 17.5 Å². The monoisotopic (exact) mass is 232 g/mol. The topological polar surface area (TPSA) is 34.9 Å². The van der Waals surface area contributed by atoms with Crippen molar-refractivity contribution >= 4 is 18.0 Å². The van der Waals surface area contributed by atoms with Crippen LogP contribution in [0.2, 0.25) is 0 Å². The van der Waals surface area contributed by atoms with E-state index in [1.165, 1.54) is 4.90 Å². The Kier molecular flexibility index (Phi) is 3.10. The minimum Gasteiger partial charge on any atom is -0.298 e. The first-order valence-electron chi connectivity index (χ1n) is 4.88. The SMILES string of the molecule is CSc1ccc(-c2c(C=O)cnn2C)cc1. The van der Waals surface area contributed by atoms with Crippen LogP contribution < -0.4 is 0 Å². The van der Waals surface area contributed by atoms with Gasteiger partial charge in [0, 0.05) is 17.5 Å². The fourth-order valence-electron chi connectivity index (χ4n) is 1.64. The highest BCUT2D eigenvalue weighted by atomic mass is 32.2. The summed E-state index contributed by atoms with van der Waals surface area (Å²) in [5, 5.41) is 4.09. The Hall–Kier alpha value is -1.55. The lowest BCUT2D eigenvalue weighted by atomic mass is 10.1. The van der Waals surface area contributed by atoms with Crippen molar-refractivity contribution in [3.8, 4) is 11.3 Å². The molecule has 0 saturated heterocycles. The average Bonchev–Trinajstić information content (AvgIpc) is 2.70. The van der Waals surface area contributed by atoms with Gasteiger partial charge in [-0.3, -0.25) is 9.48 Å². The van der Waals surface area contributed by atoms with Gasteiger partial charge in [-0.15, -0.1) is 11.8 Å². The van der Waals surface area contributed by atoms with E-state index in [1.807, 2.05) is 37.6 Å². The first-order chi connectivity index (χ1) is 7.76. The molecule has 0 aliphatic carbocycles. The van der Waals surface area contributed by atoms with Crippen LogP contribution in [0.15, 0.2) is 35.4 Å². The first-order valence-corrected chi connectivity index (χ1v) is 6.10. The molecule has 0 N–H and O–H groups in total. The zero-order chi connectivity index (χ0) is 11.5. The molecule has 3 nitrogen and oxygen atoms in total. The highest BCUT2D eigenvalue weighted by Crippen LogP contribution is 2.24. The van der Waals surface area contributed by atoms with Gasteiger partial charge in [0.2, 0.25) is 0 Å². The van der Waals surface area contributed by atoms with Crippen molar-refractivity contribution in [2.45, 2.75) is 4.90 Å². The van der Waals surface area contributed by atoms with Crippen molar-refractivity contribution in [2.24, 2.45) is 7.05 Å². The van der Waals surface area contributed by atoms with Gasteiger partial charge in [0.15, 0.2) is 6.29 Å². The van der Waals surface area contributed by atoms with Crippen molar-refractivity contribution in [1.82, 2.24) is 9.78 Å². The van der Waals surface area contributed by atoms with E-state index in [1.54, 1.807) is 22.6 Å². The molecule has 16 heavy (non-hydrogen) atoms. The smallest absolute Gasteiger partial charge is 0.153 e. The number of aromatic nitrogens is 2. The standard InChI is InChI=1S/C12H12N2OS/c1-14-12(10(8-15)7-13-14)9-3-5-11(16-2)6-4-9/h3-8H,1-2H3. The second-order valence-electron chi connectivity index (χ2n) is 3.42. The van der Waals surface area contributed by atoms with Gasteiger partial charge in [-0.05, 0) is 18.4 Å². The summed E-state index contributed by atoms with van der Waals surface area (Å²) in [6, 6.07) is 8.11. The maximum Gasteiger partial charge on any atom is 0.153 e.